The third-order valence-corrected chi connectivity index (χ3v) is 5.71. The van der Waals surface area contributed by atoms with Crippen molar-refractivity contribution in [1.82, 2.24) is 4.31 Å². The highest BCUT2D eigenvalue weighted by molar-refractivity contribution is 9.10. The van der Waals surface area contributed by atoms with Gasteiger partial charge < -0.3 is 0 Å². The van der Waals surface area contributed by atoms with Crippen molar-refractivity contribution in [3.8, 4) is 0 Å². The van der Waals surface area contributed by atoms with E-state index in [1.54, 1.807) is 0 Å². The van der Waals surface area contributed by atoms with Crippen LogP contribution in [0.2, 0.25) is 0 Å². The Kier molecular flexibility index (Phi) is 3.40. The van der Waals surface area contributed by atoms with Crippen LogP contribution in [0.1, 0.15) is 0 Å². The van der Waals surface area contributed by atoms with Gasteiger partial charge in [-0.25, -0.2) is 12.7 Å². The summed E-state index contributed by atoms with van der Waals surface area (Å²) in [6.07, 6.45) is 0. The smallest absolute Gasteiger partial charge is 0.206 e. The van der Waals surface area contributed by atoms with E-state index in [9.17, 15) is 13.3 Å². The minimum atomic E-state index is -3.57. The van der Waals surface area contributed by atoms with Crippen LogP contribution in [0.15, 0.2) is 19.2 Å². The highest BCUT2D eigenvalue weighted by Crippen LogP contribution is 2.39. The minimum absolute atomic E-state index is 0.0376. The molecule has 0 fully saturated rings. The van der Waals surface area contributed by atoms with E-state index in [1.165, 1.54) is 19.5 Å². The lowest BCUT2D eigenvalue weighted by molar-refractivity contribution is 0.523. The molecule has 0 aliphatic heterocycles. The van der Waals surface area contributed by atoms with Crippen LogP contribution in [-0.2, 0) is 10.0 Å². The molecule has 0 radical (unpaired) electrons. The molecular weight excluding hydrogens is 292 g/mol. The van der Waals surface area contributed by atoms with E-state index in [0.29, 0.717) is 4.47 Å². The van der Waals surface area contributed by atoms with Crippen molar-refractivity contribution >= 4 is 43.0 Å². The summed E-state index contributed by atoms with van der Waals surface area (Å²) in [6, 6.07) is 0. The summed E-state index contributed by atoms with van der Waals surface area (Å²) < 4.78 is 24.7. The van der Waals surface area contributed by atoms with Gasteiger partial charge in [0.05, 0.1) is 4.47 Å². The van der Waals surface area contributed by atoms with Crippen LogP contribution in [0.4, 0.5) is 5.69 Å². The molecule has 0 unspecified atom stereocenters. The van der Waals surface area contributed by atoms with Crippen LogP contribution in [-0.4, -0.2) is 26.8 Å². The molecule has 78 valence electrons. The average Bonchev–Trinajstić information content (AvgIpc) is 2.46. The summed E-state index contributed by atoms with van der Waals surface area (Å²) in [5, 5.41) is 4.21. The number of nitrogens with zero attached hydrogens (tertiary/aromatic N) is 2. The zero-order valence-electron chi connectivity index (χ0n) is 7.39. The maximum atomic E-state index is 11.6. The first kappa shape index (κ1) is 11.8. The third-order valence-electron chi connectivity index (χ3n) is 1.50. The molecule has 1 rings (SSSR count). The Hall–Kier alpha value is -0.310. The third kappa shape index (κ3) is 1.88. The molecule has 14 heavy (non-hydrogen) atoms. The van der Waals surface area contributed by atoms with Crippen LogP contribution in [0, 0.1) is 4.91 Å². The molecular formula is C6H7BrN2O3S2. The Morgan fingerprint density at radius 1 is 1.50 bits per heavy atom. The van der Waals surface area contributed by atoms with Crippen molar-refractivity contribution in [3.63, 3.8) is 0 Å². The Morgan fingerprint density at radius 2 is 2.07 bits per heavy atom. The molecule has 0 aliphatic rings. The van der Waals surface area contributed by atoms with Crippen LogP contribution >= 0.6 is 27.3 Å². The molecule has 0 bridgehead atoms. The lowest BCUT2D eigenvalue weighted by Crippen LogP contribution is -2.21. The fraction of sp³-hybridized carbons (Fsp3) is 0.333. The summed E-state index contributed by atoms with van der Waals surface area (Å²) in [4.78, 5) is 10.4. The quantitative estimate of drug-likeness (QED) is 0.803. The van der Waals surface area contributed by atoms with E-state index in [4.69, 9.17) is 0 Å². The van der Waals surface area contributed by atoms with Crippen LogP contribution < -0.4 is 0 Å². The predicted molar refractivity (Wildman–Crippen MR) is 58.3 cm³/mol. The second-order valence-corrected chi connectivity index (χ2v) is 6.68. The van der Waals surface area contributed by atoms with Gasteiger partial charge in [0.1, 0.15) is 0 Å². The highest BCUT2D eigenvalue weighted by Gasteiger charge is 2.25. The van der Waals surface area contributed by atoms with Gasteiger partial charge in [0.15, 0.2) is 9.90 Å². The fourth-order valence-corrected chi connectivity index (χ4v) is 3.94. The number of hydrogen-bond donors (Lipinski definition) is 0. The predicted octanol–water partition coefficient (Wildman–Crippen LogP) is 2.16. The maximum absolute atomic E-state index is 11.6. The monoisotopic (exact) mass is 298 g/mol. The van der Waals surface area contributed by atoms with E-state index < -0.39 is 10.0 Å². The zero-order chi connectivity index (χ0) is 10.9. The molecule has 1 heterocycles. The normalized spacial score (nSPS) is 12.0. The highest BCUT2D eigenvalue weighted by atomic mass is 79.9. The Labute approximate surface area is 93.9 Å². The Bertz CT molecular complexity index is 452. The summed E-state index contributed by atoms with van der Waals surface area (Å²) >= 11 is 4.02. The molecule has 0 aliphatic carbocycles. The molecule has 0 amide bonds. The first-order valence-corrected chi connectivity index (χ1v) is 6.55. The molecule has 0 aromatic carbocycles. The second-order valence-electron chi connectivity index (χ2n) is 2.60. The van der Waals surface area contributed by atoms with Crippen LogP contribution in [0.25, 0.3) is 0 Å². The number of nitroso groups, excluding NO2 is 1. The molecule has 0 N–H and O–H groups in total. The summed E-state index contributed by atoms with van der Waals surface area (Å²) in [5.41, 5.74) is -0.0660. The second kappa shape index (κ2) is 4.05. The lowest BCUT2D eigenvalue weighted by atomic mass is 10.6. The van der Waals surface area contributed by atoms with Gasteiger partial charge in [-0.05, 0) is 21.1 Å². The summed E-state index contributed by atoms with van der Waals surface area (Å²) in [6.45, 7) is 0. The number of rotatable bonds is 3. The Morgan fingerprint density at radius 3 is 2.50 bits per heavy atom. The van der Waals surface area contributed by atoms with Gasteiger partial charge in [-0.3, -0.25) is 0 Å². The van der Waals surface area contributed by atoms with E-state index in [-0.39, 0.29) is 9.90 Å². The number of sulfonamides is 1. The van der Waals surface area contributed by atoms with E-state index >= 15 is 0 Å². The van der Waals surface area contributed by atoms with E-state index in [1.807, 2.05) is 0 Å². The van der Waals surface area contributed by atoms with Crippen molar-refractivity contribution in [1.29, 1.82) is 0 Å². The van der Waals surface area contributed by atoms with Gasteiger partial charge in [0.2, 0.25) is 0 Å². The van der Waals surface area contributed by atoms with Crippen molar-refractivity contribution in [3.05, 3.63) is 14.8 Å². The van der Waals surface area contributed by atoms with Gasteiger partial charge in [-0.2, -0.15) is 0 Å². The molecule has 0 saturated carbocycles. The first-order valence-electron chi connectivity index (χ1n) is 3.44. The molecule has 1 aromatic rings. The molecule has 0 spiro atoms. The number of thiophene rings is 1. The molecule has 1 aromatic heterocycles. The standard InChI is InChI=1S/C6H7BrN2O3S2/c1-9(2)14(11,12)6-5(8-10)4(7)3-13-6/h3H,1-2H3. The average molecular weight is 299 g/mol. The fourth-order valence-electron chi connectivity index (χ4n) is 0.744. The molecule has 5 nitrogen and oxygen atoms in total. The van der Waals surface area contributed by atoms with Crippen LogP contribution in [0.5, 0.6) is 0 Å². The van der Waals surface area contributed by atoms with Gasteiger partial charge >= 0.3 is 0 Å². The van der Waals surface area contributed by atoms with Crippen molar-refractivity contribution in [2.45, 2.75) is 4.21 Å². The molecule has 0 saturated heterocycles. The molecule has 8 heteroatoms. The van der Waals surface area contributed by atoms with E-state index in [0.717, 1.165) is 15.6 Å². The minimum Gasteiger partial charge on any atom is -0.206 e. The lowest BCUT2D eigenvalue weighted by Gasteiger charge is -2.08. The maximum Gasteiger partial charge on any atom is 0.254 e. The first-order chi connectivity index (χ1) is 6.41. The summed E-state index contributed by atoms with van der Waals surface area (Å²) in [5.74, 6) is 0. The van der Waals surface area contributed by atoms with Crippen molar-refractivity contribution in [2.24, 2.45) is 5.18 Å². The van der Waals surface area contributed by atoms with Crippen molar-refractivity contribution in [2.75, 3.05) is 14.1 Å². The zero-order valence-corrected chi connectivity index (χ0v) is 10.6. The van der Waals surface area contributed by atoms with E-state index in [2.05, 4.69) is 21.1 Å². The van der Waals surface area contributed by atoms with Gasteiger partial charge in [-0.1, -0.05) is 0 Å². The SMILES string of the molecule is CN(C)S(=O)(=O)c1scc(Br)c1N=O. The largest absolute Gasteiger partial charge is 0.254 e. The van der Waals surface area contributed by atoms with Crippen molar-refractivity contribution < 1.29 is 8.42 Å². The van der Waals surface area contributed by atoms with Gasteiger partial charge in [-0.15, -0.1) is 16.2 Å². The summed E-state index contributed by atoms with van der Waals surface area (Å²) in [7, 11) is -0.770. The molecule has 0 atom stereocenters. The van der Waals surface area contributed by atoms with Gasteiger partial charge in [0, 0.05) is 19.5 Å². The topological polar surface area (TPSA) is 66.8 Å². The van der Waals surface area contributed by atoms with Crippen LogP contribution in [0.3, 0.4) is 0 Å². The number of hydrogen-bond acceptors (Lipinski definition) is 5. The number of halogens is 1. The Balaban J connectivity index is 3.41. The van der Waals surface area contributed by atoms with Gasteiger partial charge in [0.25, 0.3) is 10.0 Å².